The number of hydrogen-bond donors (Lipinski definition) is 1. The molecule has 13 heteroatoms. The summed E-state index contributed by atoms with van der Waals surface area (Å²) in [5, 5.41) is 21.1. The Hall–Kier alpha value is -6.57. The molecule has 7 aromatic rings. The standard InChI is InChI=1S/C53H50ClN5O6Si/c1-34-50(66(3,4)40-24-22-39(63-2)23-25-40)49(27-28-57-32-44(55-56-57)42(33-60)36-14-6-5-7-15-36)65-53(34)43-30-37(54)21-26-45(43)58(52(53)62)31-35-13-12-16-38(29-35)59-46-18-9-11-20-48(46)64-47-19-10-8-17-41(47)51(59)61/h5-26,29-30,32,34,42,49-50,60H,27-28,31,33H2,1-4H3/t34-,42?,49+,50-,53+/m0/s1. The number of aliphatic hydroxyl groups is 1. The second-order valence-corrected chi connectivity index (χ2v) is 23.1. The van der Waals surface area contributed by atoms with Gasteiger partial charge in [0.1, 0.15) is 11.5 Å². The van der Waals surface area contributed by atoms with Crippen LogP contribution in [0, 0.1) is 5.92 Å². The number of aromatic nitrogens is 3. The van der Waals surface area contributed by atoms with Gasteiger partial charge in [-0.1, -0.05) is 121 Å². The van der Waals surface area contributed by atoms with Crippen molar-refractivity contribution in [3.8, 4) is 17.2 Å². The van der Waals surface area contributed by atoms with Crippen molar-refractivity contribution in [2.24, 2.45) is 5.92 Å². The molecule has 4 heterocycles. The van der Waals surface area contributed by atoms with Gasteiger partial charge in [0, 0.05) is 34.9 Å². The number of aryl methyl sites for hydroxylation is 1. The predicted molar refractivity (Wildman–Crippen MR) is 258 cm³/mol. The van der Waals surface area contributed by atoms with Crippen molar-refractivity contribution < 1.29 is 28.9 Å². The lowest BCUT2D eigenvalue weighted by molar-refractivity contribution is -0.146. The lowest BCUT2D eigenvalue weighted by atomic mass is 9.82. The zero-order chi connectivity index (χ0) is 45.7. The highest BCUT2D eigenvalue weighted by Gasteiger charge is 2.66. The van der Waals surface area contributed by atoms with Crippen molar-refractivity contribution in [2.75, 3.05) is 23.5 Å². The summed E-state index contributed by atoms with van der Waals surface area (Å²) >= 11 is 6.84. The third-order valence-corrected chi connectivity index (χ3v) is 18.5. The van der Waals surface area contributed by atoms with E-state index < -0.39 is 13.7 Å². The van der Waals surface area contributed by atoms with E-state index in [0.29, 0.717) is 52.1 Å². The number of benzene rings is 6. The topological polar surface area (TPSA) is 119 Å². The Balaban J connectivity index is 1.00. The molecule has 10 rings (SSSR count). The van der Waals surface area contributed by atoms with Crippen LogP contribution in [0.25, 0.3) is 0 Å². The summed E-state index contributed by atoms with van der Waals surface area (Å²) in [6.07, 6.45) is 2.11. The Morgan fingerprint density at radius 3 is 2.36 bits per heavy atom. The van der Waals surface area contributed by atoms with Crippen LogP contribution in [0.1, 0.15) is 52.0 Å². The number of nitrogens with zero attached hydrogens (tertiary/aromatic N) is 5. The molecule has 5 atom stereocenters. The normalized spacial score (nSPS) is 20.4. The highest BCUT2D eigenvalue weighted by molar-refractivity contribution is 6.91. The van der Waals surface area contributed by atoms with Gasteiger partial charge in [0.05, 0.1) is 63.0 Å². The molecule has 1 saturated heterocycles. The number of hydrogen-bond acceptors (Lipinski definition) is 8. The van der Waals surface area contributed by atoms with Crippen LogP contribution in [-0.4, -0.2) is 59.8 Å². The average molecular weight is 917 g/mol. The minimum absolute atomic E-state index is 0.0262. The van der Waals surface area contributed by atoms with Gasteiger partial charge in [0.2, 0.25) is 0 Å². The number of amides is 2. The first-order chi connectivity index (χ1) is 32.0. The maximum Gasteiger partial charge on any atom is 0.266 e. The number of rotatable bonds is 12. The summed E-state index contributed by atoms with van der Waals surface area (Å²) in [6, 6.07) is 46.3. The number of aliphatic hydroxyl groups excluding tert-OH is 1. The fourth-order valence-corrected chi connectivity index (χ4v) is 14.9. The van der Waals surface area contributed by atoms with Crippen LogP contribution < -0.4 is 24.5 Å². The summed E-state index contributed by atoms with van der Waals surface area (Å²) in [5.41, 5.74) is 4.30. The number of carbonyl (C=O) groups excluding carboxylic acids is 2. The summed E-state index contributed by atoms with van der Waals surface area (Å²) < 4.78 is 21.1. The van der Waals surface area contributed by atoms with Crippen molar-refractivity contribution in [1.82, 2.24) is 15.0 Å². The molecule has 1 N–H and O–H groups in total. The molecule has 1 spiro atoms. The van der Waals surface area contributed by atoms with Gasteiger partial charge < -0.3 is 24.2 Å². The monoisotopic (exact) mass is 915 g/mol. The largest absolute Gasteiger partial charge is 0.497 e. The molecule has 0 bridgehead atoms. The van der Waals surface area contributed by atoms with E-state index in [2.05, 4.69) is 42.5 Å². The van der Waals surface area contributed by atoms with Gasteiger partial charge >= 0.3 is 0 Å². The molecule has 66 heavy (non-hydrogen) atoms. The van der Waals surface area contributed by atoms with E-state index in [1.54, 1.807) is 24.1 Å². The first-order valence-electron chi connectivity index (χ1n) is 22.3. The van der Waals surface area contributed by atoms with Gasteiger partial charge in [-0.05, 0) is 89.8 Å². The Bertz CT molecular complexity index is 2950. The number of anilines is 3. The van der Waals surface area contributed by atoms with E-state index in [1.165, 1.54) is 5.19 Å². The molecular weight excluding hydrogens is 866 g/mol. The number of fused-ring (bicyclic) bond motifs is 4. The van der Waals surface area contributed by atoms with E-state index in [0.717, 1.165) is 28.1 Å². The number of halogens is 1. The smallest absolute Gasteiger partial charge is 0.266 e. The van der Waals surface area contributed by atoms with Crippen LogP contribution in [0.3, 0.4) is 0 Å². The highest BCUT2D eigenvalue weighted by Crippen LogP contribution is 2.60. The zero-order valence-corrected chi connectivity index (χ0v) is 38.9. The summed E-state index contributed by atoms with van der Waals surface area (Å²) in [6.45, 7) is 7.49. The van der Waals surface area contributed by atoms with Gasteiger partial charge in [0.25, 0.3) is 11.8 Å². The van der Waals surface area contributed by atoms with Gasteiger partial charge in [-0.25, -0.2) is 0 Å². The van der Waals surface area contributed by atoms with Crippen LogP contribution in [0.5, 0.6) is 17.2 Å². The van der Waals surface area contributed by atoms with Crippen molar-refractivity contribution >= 4 is 53.7 Å². The second-order valence-electron chi connectivity index (χ2n) is 17.9. The highest BCUT2D eigenvalue weighted by atomic mass is 35.5. The first-order valence-corrected chi connectivity index (χ1v) is 25.8. The minimum atomic E-state index is -2.47. The number of para-hydroxylation sites is 3. The maximum absolute atomic E-state index is 15.7. The van der Waals surface area contributed by atoms with E-state index in [1.807, 2.05) is 137 Å². The molecule has 3 aliphatic rings. The van der Waals surface area contributed by atoms with Gasteiger partial charge in [0.15, 0.2) is 11.4 Å². The molecule has 0 saturated carbocycles. The predicted octanol–water partition coefficient (Wildman–Crippen LogP) is 10.0. The molecule has 334 valence electrons. The summed E-state index contributed by atoms with van der Waals surface area (Å²) in [4.78, 5) is 33.5. The van der Waals surface area contributed by atoms with Crippen LogP contribution in [0.2, 0.25) is 23.7 Å². The van der Waals surface area contributed by atoms with Crippen LogP contribution in [0.4, 0.5) is 17.1 Å². The Kier molecular flexibility index (Phi) is 11.4. The van der Waals surface area contributed by atoms with E-state index >= 15 is 4.79 Å². The van der Waals surface area contributed by atoms with E-state index in [-0.39, 0.29) is 48.4 Å². The van der Waals surface area contributed by atoms with Crippen LogP contribution in [0.15, 0.2) is 152 Å². The molecule has 0 radical (unpaired) electrons. The number of ether oxygens (including phenoxy) is 3. The lowest BCUT2D eigenvalue weighted by Crippen LogP contribution is -2.51. The Morgan fingerprint density at radius 2 is 1.59 bits per heavy atom. The number of methoxy groups -OCH3 is 1. The molecule has 1 aromatic heterocycles. The fourth-order valence-electron chi connectivity index (χ4n) is 10.7. The van der Waals surface area contributed by atoms with Gasteiger partial charge in [-0.3, -0.25) is 19.2 Å². The molecule has 1 unspecified atom stereocenters. The Morgan fingerprint density at radius 1 is 0.848 bits per heavy atom. The summed E-state index contributed by atoms with van der Waals surface area (Å²) in [7, 11) is -0.798. The minimum Gasteiger partial charge on any atom is -0.497 e. The average Bonchev–Trinajstić information content (AvgIpc) is 3.96. The third kappa shape index (κ3) is 7.38. The molecule has 11 nitrogen and oxygen atoms in total. The van der Waals surface area contributed by atoms with E-state index in [9.17, 15) is 9.90 Å². The van der Waals surface area contributed by atoms with Crippen molar-refractivity contribution in [1.29, 1.82) is 0 Å². The Labute approximate surface area is 390 Å². The molecule has 6 aromatic carbocycles. The first kappa shape index (κ1) is 43.3. The van der Waals surface area contributed by atoms with Gasteiger partial charge in [-0.2, -0.15) is 0 Å². The zero-order valence-electron chi connectivity index (χ0n) is 37.2. The number of carbonyl (C=O) groups is 2. The molecule has 1 fully saturated rings. The van der Waals surface area contributed by atoms with Crippen molar-refractivity contribution in [3.63, 3.8) is 0 Å². The van der Waals surface area contributed by atoms with Crippen LogP contribution >= 0.6 is 11.6 Å². The molecule has 0 aliphatic carbocycles. The van der Waals surface area contributed by atoms with Crippen LogP contribution in [-0.2, 0) is 28.2 Å². The SMILES string of the molecule is COc1ccc([Si](C)(C)[C@@H]2[C@@H](CCn3cc(C(CO)c4ccccc4)nn3)O[C@]3(C(=O)N(Cc4cccc(N5C(=O)c6ccccc6Oc6ccccc65)c4)c4ccc(Cl)cc43)[C@H]2C)cc1. The van der Waals surface area contributed by atoms with Crippen molar-refractivity contribution in [2.45, 2.75) is 62.7 Å². The molecular formula is C53H50ClN5O6Si. The second kappa shape index (κ2) is 17.3. The van der Waals surface area contributed by atoms with Crippen molar-refractivity contribution in [3.05, 3.63) is 185 Å². The lowest BCUT2D eigenvalue weighted by Gasteiger charge is -2.37. The van der Waals surface area contributed by atoms with E-state index in [4.69, 9.17) is 25.8 Å². The third-order valence-electron chi connectivity index (χ3n) is 13.9. The molecule has 3 aliphatic heterocycles. The van der Waals surface area contributed by atoms with Gasteiger partial charge in [-0.15, -0.1) is 5.10 Å². The quantitative estimate of drug-likeness (QED) is 0.120. The maximum atomic E-state index is 15.7. The summed E-state index contributed by atoms with van der Waals surface area (Å²) in [5.74, 6) is 0.887. The molecule has 2 amide bonds. The fraction of sp³-hybridized carbons (Fsp3) is 0.245.